The molecule has 2 heteroatoms. The summed E-state index contributed by atoms with van der Waals surface area (Å²) in [4.78, 5) is 2.55. The highest BCUT2D eigenvalue weighted by molar-refractivity contribution is 5.28. The number of rotatable bonds is 5. The van der Waals surface area contributed by atoms with Gasteiger partial charge in [0.05, 0.1) is 0 Å². The molecule has 1 fully saturated rings. The van der Waals surface area contributed by atoms with Gasteiger partial charge in [0, 0.05) is 25.7 Å². The van der Waals surface area contributed by atoms with Crippen molar-refractivity contribution in [2.45, 2.75) is 45.7 Å². The Morgan fingerprint density at radius 3 is 2.29 bits per heavy atom. The van der Waals surface area contributed by atoms with Gasteiger partial charge in [0.1, 0.15) is 0 Å². The normalized spacial score (nSPS) is 16.2. The summed E-state index contributed by atoms with van der Waals surface area (Å²) in [5.74, 6) is 0. The van der Waals surface area contributed by atoms with E-state index in [1.165, 1.54) is 36.0 Å². The predicted molar refractivity (Wildman–Crippen MR) is 73.0 cm³/mol. The van der Waals surface area contributed by atoms with Crippen molar-refractivity contribution in [1.82, 2.24) is 4.90 Å². The van der Waals surface area contributed by atoms with Crippen molar-refractivity contribution in [2.24, 2.45) is 5.73 Å². The van der Waals surface area contributed by atoms with Gasteiger partial charge in [-0.3, -0.25) is 4.90 Å². The van der Waals surface area contributed by atoms with E-state index < -0.39 is 0 Å². The molecule has 0 atom stereocenters. The Morgan fingerprint density at radius 1 is 1.18 bits per heavy atom. The fourth-order valence-corrected chi connectivity index (χ4v) is 2.70. The maximum Gasteiger partial charge on any atom is 0.0237 e. The molecule has 17 heavy (non-hydrogen) atoms. The molecule has 2 N–H and O–H groups in total. The van der Waals surface area contributed by atoms with Crippen LogP contribution in [0.5, 0.6) is 0 Å². The monoisotopic (exact) mass is 232 g/mol. The zero-order chi connectivity index (χ0) is 12.3. The van der Waals surface area contributed by atoms with Crippen LogP contribution in [0.15, 0.2) is 18.2 Å². The fraction of sp³-hybridized carbons (Fsp3) is 0.600. The first-order valence-electron chi connectivity index (χ1n) is 6.70. The number of nitrogens with zero attached hydrogens (tertiary/aromatic N) is 1. The lowest BCUT2D eigenvalue weighted by molar-refractivity contribution is 0.123. The third kappa shape index (κ3) is 3.30. The van der Waals surface area contributed by atoms with E-state index in [1.54, 1.807) is 0 Å². The maximum atomic E-state index is 5.72. The zero-order valence-corrected chi connectivity index (χ0v) is 11.1. The Hall–Kier alpha value is -0.860. The van der Waals surface area contributed by atoms with Crippen LogP contribution >= 0.6 is 0 Å². The van der Waals surface area contributed by atoms with E-state index in [1.807, 2.05) is 0 Å². The molecule has 1 aliphatic rings. The average molecular weight is 232 g/mol. The van der Waals surface area contributed by atoms with E-state index in [0.717, 1.165) is 25.7 Å². The van der Waals surface area contributed by atoms with Gasteiger partial charge in [0.2, 0.25) is 0 Å². The van der Waals surface area contributed by atoms with Crippen LogP contribution in [0.25, 0.3) is 0 Å². The van der Waals surface area contributed by atoms with Crippen molar-refractivity contribution in [3.63, 3.8) is 0 Å². The van der Waals surface area contributed by atoms with Crippen LogP contribution in [-0.2, 0) is 6.54 Å². The molecular weight excluding hydrogens is 208 g/mol. The molecular formula is C15H24N2. The van der Waals surface area contributed by atoms with Gasteiger partial charge in [0.25, 0.3) is 0 Å². The Bertz CT molecular complexity index is 349. The van der Waals surface area contributed by atoms with Gasteiger partial charge in [-0.25, -0.2) is 0 Å². The summed E-state index contributed by atoms with van der Waals surface area (Å²) in [5.41, 5.74) is 9.88. The Morgan fingerprint density at radius 2 is 1.82 bits per heavy atom. The second kappa shape index (κ2) is 5.65. The quantitative estimate of drug-likeness (QED) is 0.845. The molecule has 0 amide bonds. The summed E-state index contributed by atoms with van der Waals surface area (Å²) in [6.07, 6.45) is 4.09. The van der Waals surface area contributed by atoms with Gasteiger partial charge >= 0.3 is 0 Å². The Kier molecular flexibility index (Phi) is 4.19. The van der Waals surface area contributed by atoms with Crippen LogP contribution in [0.2, 0.25) is 0 Å². The summed E-state index contributed by atoms with van der Waals surface area (Å²) in [6.45, 7) is 7.20. The van der Waals surface area contributed by atoms with Crippen LogP contribution in [0.1, 0.15) is 36.0 Å². The van der Waals surface area contributed by atoms with Gasteiger partial charge < -0.3 is 5.73 Å². The second-order valence-electron chi connectivity index (χ2n) is 5.34. The summed E-state index contributed by atoms with van der Waals surface area (Å²) in [5, 5.41) is 0. The first-order chi connectivity index (χ1) is 8.19. The smallest absolute Gasteiger partial charge is 0.0237 e. The van der Waals surface area contributed by atoms with E-state index in [9.17, 15) is 0 Å². The molecule has 1 saturated carbocycles. The van der Waals surface area contributed by atoms with Crippen molar-refractivity contribution in [1.29, 1.82) is 0 Å². The highest BCUT2D eigenvalue weighted by Crippen LogP contribution is 2.26. The van der Waals surface area contributed by atoms with E-state index in [4.69, 9.17) is 5.73 Å². The molecule has 0 aliphatic heterocycles. The van der Waals surface area contributed by atoms with Crippen LogP contribution in [0, 0.1) is 13.8 Å². The minimum Gasteiger partial charge on any atom is -0.329 e. The van der Waals surface area contributed by atoms with Gasteiger partial charge in [-0.2, -0.15) is 0 Å². The maximum absolute atomic E-state index is 5.72. The van der Waals surface area contributed by atoms with Gasteiger partial charge in [-0.15, -0.1) is 0 Å². The van der Waals surface area contributed by atoms with Gasteiger partial charge in [0.15, 0.2) is 0 Å². The lowest BCUT2D eigenvalue weighted by Gasteiger charge is -2.37. The number of hydrogen-bond acceptors (Lipinski definition) is 2. The number of benzene rings is 1. The fourth-order valence-electron chi connectivity index (χ4n) is 2.70. The summed E-state index contributed by atoms with van der Waals surface area (Å²) in [6, 6.07) is 7.61. The van der Waals surface area contributed by atoms with Crippen molar-refractivity contribution >= 4 is 0 Å². The van der Waals surface area contributed by atoms with Crippen molar-refractivity contribution in [3.8, 4) is 0 Å². The predicted octanol–water partition coefficient (Wildman–Crippen LogP) is 2.62. The number of hydrogen-bond donors (Lipinski definition) is 1. The third-order valence-corrected chi connectivity index (χ3v) is 3.67. The minimum atomic E-state index is 0.765. The van der Waals surface area contributed by atoms with Crippen molar-refractivity contribution in [2.75, 3.05) is 13.1 Å². The first kappa shape index (κ1) is 12.6. The lowest BCUT2D eigenvalue weighted by Crippen LogP contribution is -2.42. The van der Waals surface area contributed by atoms with E-state index >= 15 is 0 Å². The van der Waals surface area contributed by atoms with Gasteiger partial charge in [-0.1, -0.05) is 35.7 Å². The third-order valence-electron chi connectivity index (χ3n) is 3.67. The molecule has 94 valence electrons. The summed E-state index contributed by atoms with van der Waals surface area (Å²) < 4.78 is 0. The first-order valence-corrected chi connectivity index (χ1v) is 6.70. The molecule has 0 spiro atoms. The number of nitrogens with two attached hydrogens (primary N) is 1. The molecule has 0 bridgehead atoms. The minimum absolute atomic E-state index is 0.765. The lowest BCUT2D eigenvalue weighted by atomic mass is 9.91. The molecule has 2 nitrogen and oxygen atoms in total. The second-order valence-corrected chi connectivity index (χ2v) is 5.34. The number of aryl methyl sites for hydroxylation is 2. The zero-order valence-electron chi connectivity index (χ0n) is 11.1. The molecule has 0 unspecified atom stereocenters. The molecule has 0 radical (unpaired) electrons. The Labute approximate surface area is 105 Å². The van der Waals surface area contributed by atoms with Crippen molar-refractivity contribution in [3.05, 3.63) is 34.9 Å². The van der Waals surface area contributed by atoms with Crippen LogP contribution in [-0.4, -0.2) is 24.0 Å². The molecule has 1 aromatic carbocycles. The van der Waals surface area contributed by atoms with E-state index in [2.05, 4.69) is 36.9 Å². The van der Waals surface area contributed by atoms with Gasteiger partial charge in [-0.05, 0) is 32.3 Å². The topological polar surface area (TPSA) is 29.3 Å². The Balaban J connectivity index is 2.05. The van der Waals surface area contributed by atoms with Crippen molar-refractivity contribution < 1.29 is 0 Å². The van der Waals surface area contributed by atoms with Crippen LogP contribution in [0.4, 0.5) is 0 Å². The average Bonchev–Trinajstić information content (AvgIpc) is 2.13. The summed E-state index contributed by atoms with van der Waals surface area (Å²) in [7, 11) is 0. The van der Waals surface area contributed by atoms with E-state index in [-0.39, 0.29) is 0 Å². The highest BCUT2D eigenvalue weighted by atomic mass is 15.2. The van der Waals surface area contributed by atoms with Crippen LogP contribution in [0.3, 0.4) is 0 Å². The standard InChI is InChI=1S/C15H24N2/c1-12-8-13(2)10-14(9-12)11-17(7-6-16)15-4-3-5-15/h8-10,15H,3-7,11,16H2,1-2H3. The SMILES string of the molecule is Cc1cc(C)cc(CN(CCN)C2CCC2)c1. The molecule has 0 heterocycles. The molecule has 2 rings (SSSR count). The molecule has 0 saturated heterocycles. The summed E-state index contributed by atoms with van der Waals surface area (Å²) >= 11 is 0. The largest absolute Gasteiger partial charge is 0.329 e. The molecule has 1 aliphatic carbocycles. The van der Waals surface area contributed by atoms with E-state index in [0.29, 0.717) is 0 Å². The highest BCUT2D eigenvalue weighted by Gasteiger charge is 2.24. The van der Waals surface area contributed by atoms with Crippen LogP contribution < -0.4 is 5.73 Å². The molecule has 1 aromatic rings. The molecule has 0 aromatic heterocycles.